The van der Waals surface area contributed by atoms with E-state index in [4.69, 9.17) is 9.88 Å². The Morgan fingerprint density at radius 1 is 1.16 bits per heavy atom. The molecule has 0 aliphatic heterocycles. The van der Waals surface area contributed by atoms with Crippen molar-refractivity contribution in [3.05, 3.63) is 52.4 Å². The third-order valence-electron chi connectivity index (χ3n) is 5.05. The molecular formula is C22H29N3O5S. The molecule has 0 aliphatic rings. The molecule has 1 heterocycles. The molecule has 0 saturated heterocycles. The van der Waals surface area contributed by atoms with Crippen LogP contribution in [0.2, 0.25) is 0 Å². The third kappa shape index (κ3) is 5.42. The number of benzene rings is 1. The number of primary sulfonamides is 1. The molecule has 31 heavy (non-hydrogen) atoms. The van der Waals surface area contributed by atoms with E-state index >= 15 is 0 Å². The summed E-state index contributed by atoms with van der Waals surface area (Å²) in [7, 11) is -3.91. The highest BCUT2D eigenvalue weighted by atomic mass is 32.2. The molecule has 0 unspecified atom stereocenters. The smallest absolute Gasteiger partial charge is 0.340 e. The van der Waals surface area contributed by atoms with E-state index in [2.05, 4.69) is 5.32 Å². The molecule has 3 N–H and O–H groups in total. The van der Waals surface area contributed by atoms with Crippen molar-refractivity contribution in [2.45, 2.75) is 52.5 Å². The molecule has 1 aromatic heterocycles. The van der Waals surface area contributed by atoms with Crippen LogP contribution >= 0.6 is 0 Å². The minimum Gasteiger partial charge on any atom is -0.462 e. The van der Waals surface area contributed by atoms with Gasteiger partial charge < -0.3 is 14.6 Å². The predicted molar refractivity (Wildman–Crippen MR) is 120 cm³/mol. The highest BCUT2D eigenvalue weighted by Gasteiger charge is 2.22. The number of nitrogens with zero attached hydrogens (tertiary/aromatic N) is 1. The summed E-state index contributed by atoms with van der Waals surface area (Å²) < 4.78 is 30.8. The number of nitrogens with one attached hydrogen (secondary N) is 1. The van der Waals surface area contributed by atoms with Crippen molar-refractivity contribution in [3.63, 3.8) is 0 Å². The second-order valence-corrected chi connectivity index (χ2v) is 8.50. The fraction of sp³-hybridized carbons (Fsp3) is 0.364. The summed E-state index contributed by atoms with van der Waals surface area (Å²) in [6.45, 7) is 10.2. The maximum absolute atomic E-state index is 12.5. The van der Waals surface area contributed by atoms with Crippen molar-refractivity contribution in [2.24, 2.45) is 5.14 Å². The maximum Gasteiger partial charge on any atom is 0.340 e. The quantitative estimate of drug-likeness (QED) is 0.476. The Hall–Kier alpha value is -2.91. The number of carbonyl (C=O) groups excluding carboxylic acids is 2. The second-order valence-electron chi connectivity index (χ2n) is 6.97. The topological polar surface area (TPSA) is 120 Å². The molecule has 168 valence electrons. The number of rotatable bonds is 8. The minimum atomic E-state index is -3.91. The van der Waals surface area contributed by atoms with Gasteiger partial charge in [0.15, 0.2) is 0 Å². The number of amides is 1. The largest absolute Gasteiger partial charge is 0.462 e. The summed E-state index contributed by atoms with van der Waals surface area (Å²) in [5, 5.41) is 7.92. The lowest BCUT2D eigenvalue weighted by atomic mass is 10.1. The average molecular weight is 448 g/mol. The van der Waals surface area contributed by atoms with Crippen molar-refractivity contribution in [1.29, 1.82) is 0 Å². The molecule has 0 atom stereocenters. The van der Waals surface area contributed by atoms with Crippen LogP contribution in [-0.2, 0) is 32.5 Å². The van der Waals surface area contributed by atoms with Crippen molar-refractivity contribution in [1.82, 2.24) is 4.57 Å². The number of anilines is 1. The van der Waals surface area contributed by atoms with Crippen molar-refractivity contribution in [3.8, 4) is 0 Å². The Bertz CT molecular complexity index is 1130. The fourth-order valence-electron chi connectivity index (χ4n) is 3.58. The average Bonchev–Trinajstić information content (AvgIpc) is 2.94. The molecule has 0 bridgehead atoms. The van der Waals surface area contributed by atoms with Gasteiger partial charge in [-0.15, -0.1) is 0 Å². The van der Waals surface area contributed by atoms with Gasteiger partial charge in [-0.1, -0.05) is 13.0 Å². The van der Waals surface area contributed by atoms with Crippen LogP contribution in [0.1, 0.15) is 53.6 Å². The molecule has 9 heteroatoms. The number of esters is 1. The van der Waals surface area contributed by atoms with Gasteiger partial charge in [-0.05, 0) is 57.9 Å². The Morgan fingerprint density at radius 2 is 1.84 bits per heavy atom. The van der Waals surface area contributed by atoms with E-state index in [1.54, 1.807) is 25.1 Å². The summed E-state index contributed by atoms with van der Waals surface area (Å²) in [5.74, 6) is -0.913. The zero-order valence-corrected chi connectivity index (χ0v) is 19.3. The maximum atomic E-state index is 12.5. The first-order valence-corrected chi connectivity index (χ1v) is 11.6. The highest BCUT2D eigenvalue weighted by Crippen LogP contribution is 2.25. The van der Waals surface area contributed by atoms with E-state index in [1.165, 1.54) is 12.1 Å². The standard InChI is InChI=1S/C22H29N3O5S/c1-6-16-9-10-17(13-19(16)31(23,28)29)24-20(26)12-11-18-14(4)25(7-2)15(5)21(18)22(27)30-8-3/h9-13H,6-8H2,1-5H3,(H,24,26)(H2,23,28,29)/b12-11+. The van der Waals surface area contributed by atoms with Crippen LogP contribution in [0, 0.1) is 13.8 Å². The van der Waals surface area contributed by atoms with Crippen LogP contribution in [-0.4, -0.2) is 31.5 Å². The first kappa shape index (κ1) is 24.4. The fourth-order valence-corrected chi connectivity index (χ4v) is 4.45. The van der Waals surface area contributed by atoms with E-state index in [0.717, 1.165) is 11.4 Å². The SMILES string of the molecule is CCOC(=O)c1c(/C=C/C(=O)Nc2ccc(CC)c(S(N)(=O)=O)c2)c(C)n(CC)c1C. The molecule has 0 fully saturated rings. The summed E-state index contributed by atoms with van der Waals surface area (Å²) in [6, 6.07) is 4.58. The number of ether oxygens (including phenoxy) is 1. The summed E-state index contributed by atoms with van der Waals surface area (Å²) in [5.41, 5.74) is 3.53. The van der Waals surface area contributed by atoms with Gasteiger partial charge in [0.25, 0.3) is 0 Å². The van der Waals surface area contributed by atoms with Gasteiger partial charge in [0.2, 0.25) is 15.9 Å². The monoisotopic (exact) mass is 447 g/mol. The zero-order chi connectivity index (χ0) is 23.3. The van der Waals surface area contributed by atoms with Crippen molar-refractivity contribution < 1.29 is 22.7 Å². The van der Waals surface area contributed by atoms with Gasteiger partial charge in [-0.3, -0.25) is 4.79 Å². The van der Waals surface area contributed by atoms with E-state index in [9.17, 15) is 18.0 Å². The number of aryl methyl sites for hydroxylation is 1. The van der Waals surface area contributed by atoms with Gasteiger partial charge >= 0.3 is 5.97 Å². The molecule has 2 rings (SSSR count). The Kier molecular flexibility index (Phi) is 7.80. The van der Waals surface area contributed by atoms with Crippen LogP contribution in [0.15, 0.2) is 29.2 Å². The normalized spacial score (nSPS) is 11.7. The molecule has 0 aliphatic carbocycles. The highest BCUT2D eigenvalue weighted by molar-refractivity contribution is 7.89. The molecule has 1 aromatic carbocycles. The molecule has 0 spiro atoms. The number of aromatic nitrogens is 1. The van der Waals surface area contributed by atoms with E-state index in [1.807, 2.05) is 32.3 Å². The minimum absolute atomic E-state index is 0.0205. The van der Waals surface area contributed by atoms with Crippen LogP contribution < -0.4 is 10.5 Å². The van der Waals surface area contributed by atoms with Crippen molar-refractivity contribution in [2.75, 3.05) is 11.9 Å². The molecule has 8 nitrogen and oxygen atoms in total. The van der Waals surface area contributed by atoms with Crippen LogP contribution in [0.4, 0.5) is 5.69 Å². The Labute approximate surface area is 183 Å². The summed E-state index contributed by atoms with van der Waals surface area (Å²) in [6.07, 6.45) is 3.36. The molecule has 0 saturated carbocycles. The zero-order valence-electron chi connectivity index (χ0n) is 18.5. The Balaban J connectivity index is 2.35. The van der Waals surface area contributed by atoms with Gasteiger partial charge in [0, 0.05) is 35.3 Å². The number of sulfonamides is 1. The van der Waals surface area contributed by atoms with Crippen LogP contribution in [0.25, 0.3) is 6.08 Å². The number of hydrogen-bond acceptors (Lipinski definition) is 5. The van der Waals surface area contributed by atoms with Crippen molar-refractivity contribution >= 4 is 33.7 Å². The number of nitrogens with two attached hydrogens (primary N) is 1. The molecule has 0 radical (unpaired) electrons. The van der Waals surface area contributed by atoms with Crippen LogP contribution in [0.5, 0.6) is 0 Å². The van der Waals surface area contributed by atoms with Gasteiger partial charge in [0.05, 0.1) is 17.1 Å². The molecule has 2 aromatic rings. The van der Waals surface area contributed by atoms with E-state index < -0.39 is 21.9 Å². The number of carbonyl (C=O) groups is 2. The lowest BCUT2D eigenvalue weighted by Crippen LogP contribution is -2.16. The molecule has 1 amide bonds. The number of hydrogen-bond donors (Lipinski definition) is 2. The first-order valence-electron chi connectivity index (χ1n) is 10.1. The Morgan fingerprint density at radius 3 is 2.39 bits per heavy atom. The second kappa shape index (κ2) is 9.93. The summed E-state index contributed by atoms with van der Waals surface area (Å²) in [4.78, 5) is 24.9. The first-order chi connectivity index (χ1) is 14.5. The van der Waals surface area contributed by atoms with Gasteiger partial charge in [-0.2, -0.15) is 0 Å². The van der Waals surface area contributed by atoms with E-state index in [-0.39, 0.29) is 11.5 Å². The van der Waals surface area contributed by atoms with Gasteiger partial charge in [-0.25, -0.2) is 18.4 Å². The summed E-state index contributed by atoms with van der Waals surface area (Å²) >= 11 is 0. The third-order valence-corrected chi connectivity index (χ3v) is 6.04. The van der Waals surface area contributed by atoms with E-state index in [0.29, 0.717) is 35.3 Å². The predicted octanol–water partition coefficient (Wildman–Crippen LogP) is 3.16. The molecular weight excluding hydrogens is 418 g/mol. The lowest BCUT2D eigenvalue weighted by molar-refractivity contribution is -0.111. The van der Waals surface area contributed by atoms with Gasteiger partial charge in [0.1, 0.15) is 0 Å². The van der Waals surface area contributed by atoms with Crippen LogP contribution in [0.3, 0.4) is 0 Å². The lowest BCUT2D eigenvalue weighted by Gasteiger charge is -2.09.